The van der Waals surface area contributed by atoms with E-state index in [0.29, 0.717) is 6.42 Å². The first-order valence-corrected chi connectivity index (χ1v) is 4.14. The maximum Gasteiger partial charge on any atom is 0.414 e. The van der Waals surface area contributed by atoms with E-state index in [9.17, 15) is 13.2 Å². The Kier molecular flexibility index (Phi) is 4.60. The van der Waals surface area contributed by atoms with Crippen molar-refractivity contribution >= 4 is 0 Å². The largest absolute Gasteiger partial charge is 0.414 e. The maximum absolute atomic E-state index is 11.9. The molecule has 2 atom stereocenters. The van der Waals surface area contributed by atoms with E-state index < -0.39 is 18.2 Å². The molecular weight excluding hydrogens is 169 g/mol. The maximum atomic E-state index is 11.9. The fraction of sp³-hybridized carbons (Fsp3) is 1.00. The second kappa shape index (κ2) is 4.70. The second-order valence-corrected chi connectivity index (χ2v) is 3.11. The Morgan fingerprint density at radius 2 is 1.83 bits per heavy atom. The van der Waals surface area contributed by atoms with Crippen LogP contribution in [0, 0.1) is 5.92 Å². The summed E-state index contributed by atoms with van der Waals surface area (Å²) in [7, 11) is 0. The van der Waals surface area contributed by atoms with Crippen molar-refractivity contribution in [3.63, 3.8) is 0 Å². The average molecular weight is 184 g/mol. The molecule has 12 heavy (non-hydrogen) atoms. The van der Waals surface area contributed by atoms with Crippen molar-refractivity contribution < 1.29 is 18.3 Å². The molecule has 0 heterocycles. The molecule has 0 aliphatic carbocycles. The molecule has 0 aromatic rings. The van der Waals surface area contributed by atoms with Crippen LogP contribution in [0.4, 0.5) is 13.2 Å². The number of alkyl halides is 3. The van der Waals surface area contributed by atoms with E-state index in [4.69, 9.17) is 5.11 Å². The molecular formula is C8H15F3O. The summed E-state index contributed by atoms with van der Waals surface area (Å²) in [5.74, 6) is -0.690. The van der Waals surface area contributed by atoms with Crippen molar-refractivity contribution in [2.45, 2.75) is 45.4 Å². The average Bonchev–Trinajstić information content (AvgIpc) is 1.97. The minimum Gasteiger partial charge on any atom is -0.383 e. The van der Waals surface area contributed by atoms with Gasteiger partial charge in [-0.15, -0.1) is 0 Å². The van der Waals surface area contributed by atoms with Crippen molar-refractivity contribution in [3.8, 4) is 0 Å². The molecule has 0 saturated carbocycles. The fourth-order valence-electron chi connectivity index (χ4n) is 1.01. The van der Waals surface area contributed by atoms with Gasteiger partial charge >= 0.3 is 6.18 Å². The van der Waals surface area contributed by atoms with E-state index in [1.165, 1.54) is 6.92 Å². The molecule has 0 spiro atoms. The van der Waals surface area contributed by atoms with Gasteiger partial charge in [0.05, 0.1) is 0 Å². The Hall–Kier alpha value is -0.250. The number of hydrogen-bond acceptors (Lipinski definition) is 1. The molecule has 0 saturated heterocycles. The number of unbranched alkanes of at least 4 members (excludes halogenated alkanes) is 1. The van der Waals surface area contributed by atoms with E-state index in [2.05, 4.69) is 0 Å². The van der Waals surface area contributed by atoms with Gasteiger partial charge in [0.1, 0.15) is 0 Å². The van der Waals surface area contributed by atoms with E-state index in [-0.39, 0.29) is 0 Å². The van der Waals surface area contributed by atoms with Gasteiger partial charge < -0.3 is 5.11 Å². The molecule has 0 amide bonds. The summed E-state index contributed by atoms with van der Waals surface area (Å²) in [6, 6.07) is 0. The van der Waals surface area contributed by atoms with Gasteiger partial charge in [0, 0.05) is 0 Å². The molecule has 0 unspecified atom stereocenters. The molecule has 0 aromatic carbocycles. The minimum atomic E-state index is -4.47. The van der Waals surface area contributed by atoms with Crippen molar-refractivity contribution in [1.29, 1.82) is 0 Å². The third-order valence-electron chi connectivity index (χ3n) is 1.89. The lowest BCUT2D eigenvalue weighted by Crippen LogP contribution is -2.34. The summed E-state index contributed by atoms with van der Waals surface area (Å²) >= 11 is 0. The van der Waals surface area contributed by atoms with Crippen molar-refractivity contribution in [3.05, 3.63) is 0 Å². The van der Waals surface area contributed by atoms with Crippen LogP contribution in [-0.4, -0.2) is 17.4 Å². The molecule has 0 aliphatic rings. The zero-order chi connectivity index (χ0) is 9.78. The van der Waals surface area contributed by atoms with Crippen LogP contribution in [0.25, 0.3) is 0 Å². The summed E-state index contributed by atoms with van der Waals surface area (Å²) < 4.78 is 35.6. The van der Waals surface area contributed by atoms with Crippen LogP contribution in [-0.2, 0) is 0 Å². The predicted molar refractivity (Wildman–Crippen MR) is 40.8 cm³/mol. The molecule has 0 bridgehead atoms. The lowest BCUT2D eigenvalue weighted by molar-refractivity contribution is -0.218. The first kappa shape index (κ1) is 11.8. The van der Waals surface area contributed by atoms with Crippen LogP contribution in [0.15, 0.2) is 0 Å². The third kappa shape index (κ3) is 3.95. The Bertz CT molecular complexity index is 122. The standard InChI is InChI=1S/C8H15F3O/c1-3-4-5-6(2)7(12)8(9,10)11/h6-7,12H,3-5H2,1-2H3/t6-,7-/m1/s1. The minimum absolute atomic E-state index is 0.428. The van der Waals surface area contributed by atoms with Crippen LogP contribution in [0.5, 0.6) is 0 Å². The number of halogens is 3. The van der Waals surface area contributed by atoms with E-state index >= 15 is 0 Å². The topological polar surface area (TPSA) is 20.2 Å². The van der Waals surface area contributed by atoms with E-state index in [1.807, 2.05) is 6.92 Å². The monoisotopic (exact) mass is 184 g/mol. The summed E-state index contributed by atoms with van der Waals surface area (Å²) in [4.78, 5) is 0. The van der Waals surface area contributed by atoms with Crippen molar-refractivity contribution in [2.24, 2.45) is 5.92 Å². The Morgan fingerprint density at radius 1 is 1.33 bits per heavy atom. The van der Waals surface area contributed by atoms with Gasteiger partial charge in [-0.25, -0.2) is 0 Å². The summed E-state index contributed by atoms with van der Waals surface area (Å²) in [6.45, 7) is 3.33. The highest BCUT2D eigenvalue weighted by molar-refractivity contribution is 4.71. The Morgan fingerprint density at radius 3 is 2.17 bits per heavy atom. The summed E-state index contributed by atoms with van der Waals surface area (Å²) in [5, 5.41) is 8.76. The normalized spacial score (nSPS) is 17.5. The van der Waals surface area contributed by atoms with Crippen LogP contribution < -0.4 is 0 Å². The van der Waals surface area contributed by atoms with Crippen molar-refractivity contribution in [2.75, 3.05) is 0 Å². The van der Waals surface area contributed by atoms with E-state index in [1.54, 1.807) is 0 Å². The summed E-state index contributed by atoms with van der Waals surface area (Å²) in [5.41, 5.74) is 0. The van der Waals surface area contributed by atoms with Gasteiger partial charge in [0.25, 0.3) is 0 Å². The first-order valence-electron chi connectivity index (χ1n) is 4.14. The highest BCUT2D eigenvalue weighted by atomic mass is 19.4. The highest BCUT2D eigenvalue weighted by Gasteiger charge is 2.41. The molecule has 74 valence electrons. The van der Waals surface area contributed by atoms with Gasteiger partial charge in [-0.2, -0.15) is 13.2 Å². The second-order valence-electron chi connectivity index (χ2n) is 3.11. The molecule has 0 radical (unpaired) electrons. The van der Waals surface area contributed by atoms with Crippen LogP contribution >= 0.6 is 0 Å². The van der Waals surface area contributed by atoms with Gasteiger partial charge in [0.15, 0.2) is 6.10 Å². The van der Waals surface area contributed by atoms with Gasteiger partial charge in [-0.1, -0.05) is 26.7 Å². The SMILES string of the molecule is CCCC[C@@H](C)[C@@H](O)C(F)(F)F. The number of aliphatic hydroxyl groups excluding tert-OH is 1. The van der Waals surface area contributed by atoms with E-state index in [0.717, 1.165) is 12.8 Å². The van der Waals surface area contributed by atoms with Crippen molar-refractivity contribution in [1.82, 2.24) is 0 Å². The number of rotatable bonds is 4. The molecule has 1 N–H and O–H groups in total. The van der Waals surface area contributed by atoms with Gasteiger partial charge in [-0.3, -0.25) is 0 Å². The van der Waals surface area contributed by atoms with Gasteiger partial charge in [0.2, 0.25) is 0 Å². The Balaban J connectivity index is 3.84. The van der Waals surface area contributed by atoms with Crippen LogP contribution in [0.1, 0.15) is 33.1 Å². The number of hydrogen-bond donors (Lipinski definition) is 1. The Labute approximate surface area is 70.6 Å². The first-order chi connectivity index (χ1) is 5.39. The van der Waals surface area contributed by atoms with Crippen LogP contribution in [0.3, 0.4) is 0 Å². The molecule has 0 fully saturated rings. The number of aliphatic hydroxyl groups is 1. The smallest absolute Gasteiger partial charge is 0.383 e. The molecule has 1 nitrogen and oxygen atoms in total. The molecule has 0 aliphatic heterocycles. The molecule has 0 aromatic heterocycles. The summed E-state index contributed by atoms with van der Waals surface area (Å²) in [6.07, 6.45) is -4.61. The third-order valence-corrected chi connectivity index (χ3v) is 1.89. The van der Waals surface area contributed by atoms with Gasteiger partial charge in [-0.05, 0) is 12.3 Å². The molecule has 4 heteroatoms. The quantitative estimate of drug-likeness (QED) is 0.712. The lowest BCUT2D eigenvalue weighted by atomic mass is 9.98. The van der Waals surface area contributed by atoms with Crippen LogP contribution in [0.2, 0.25) is 0 Å². The predicted octanol–water partition coefficient (Wildman–Crippen LogP) is 2.74. The zero-order valence-corrected chi connectivity index (χ0v) is 7.36. The molecule has 0 rings (SSSR count). The zero-order valence-electron chi connectivity index (χ0n) is 7.36. The lowest BCUT2D eigenvalue weighted by Gasteiger charge is -2.20. The fourth-order valence-corrected chi connectivity index (χ4v) is 1.01. The highest BCUT2D eigenvalue weighted by Crippen LogP contribution is 2.27.